The van der Waals surface area contributed by atoms with Crippen LogP contribution in [-0.2, 0) is 4.79 Å². The summed E-state index contributed by atoms with van der Waals surface area (Å²) >= 11 is 1.72. The average Bonchev–Trinajstić information content (AvgIpc) is 2.79. The topological polar surface area (TPSA) is 36.4 Å². The van der Waals surface area contributed by atoms with Crippen LogP contribution in [0.4, 0.5) is 5.13 Å². The number of aromatic nitrogens is 1. The van der Waals surface area contributed by atoms with Crippen LogP contribution in [0.5, 0.6) is 0 Å². The van der Waals surface area contributed by atoms with E-state index in [1.165, 1.54) is 10.3 Å². The molecular formula is C16H21N3OS. The third-order valence-corrected chi connectivity index (χ3v) is 5.08. The minimum absolute atomic E-state index is 0.122. The number of amides is 1. The number of benzene rings is 1. The molecular weight excluding hydrogens is 282 g/mol. The largest absolute Gasteiger partial charge is 0.348 e. The first kappa shape index (κ1) is 14.3. The summed E-state index contributed by atoms with van der Waals surface area (Å²) in [6, 6.07) is 6.39. The van der Waals surface area contributed by atoms with Crippen molar-refractivity contribution in [2.24, 2.45) is 5.92 Å². The third kappa shape index (κ3) is 2.50. The molecule has 1 aromatic heterocycles. The lowest BCUT2D eigenvalue weighted by Crippen LogP contribution is -2.53. The van der Waals surface area contributed by atoms with Gasteiger partial charge in [-0.05, 0) is 17.5 Å². The summed E-state index contributed by atoms with van der Waals surface area (Å²) in [6.45, 7) is 5.97. The van der Waals surface area contributed by atoms with Crippen molar-refractivity contribution in [3.05, 3.63) is 23.8 Å². The molecule has 21 heavy (non-hydrogen) atoms. The van der Waals surface area contributed by atoms with Crippen LogP contribution in [0.1, 0.15) is 25.3 Å². The molecule has 1 fully saturated rings. The van der Waals surface area contributed by atoms with Gasteiger partial charge >= 0.3 is 0 Å². The van der Waals surface area contributed by atoms with Gasteiger partial charge in [-0.3, -0.25) is 4.79 Å². The van der Waals surface area contributed by atoms with Crippen LogP contribution in [0.15, 0.2) is 18.2 Å². The van der Waals surface area contributed by atoms with Gasteiger partial charge in [0.2, 0.25) is 5.91 Å². The number of carbonyl (C=O) groups excluding carboxylic acids is 1. The van der Waals surface area contributed by atoms with Gasteiger partial charge in [-0.25, -0.2) is 4.98 Å². The van der Waals surface area contributed by atoms with Crippen molar-refractivity contribution in [3.8, 4) is 0 Å². The SMILES string of the molecule is CC(C)c1cccc2sc(N3CC(C(=O)N(C)C)C3)nc12. The monoisotopic (exact) mass is 303 g/mol. The molecule has 0 spiro atoms. The van der Waals surface area contributed by atoms with Gasteiger partial charge in [-0.2, -0.15) is 0 Å². The molecule has 0 bridgehead atoms. The lowest BCUT2D eigenvalue weighted by molar-refractivity contribution is -0.133. The number of thiazole rings is 1. The lowest BCUT2D eigenvalue weighted by atomic mass is 10.00. The van der Waals surface area contributed by atoms with E-state index in [2.05, 4.69) is 36.9 Å². The third-order valence-electron chi connectivity index (χ3n) is 4.00. The zero-order valence-corrected chi connectivity index (χ0v) is 13.8. The van der Waals surface area contributed by atoms with Crippen LogP contribution in [0.2, 0.25) is 0 Å². The highest BCUT2D eigenvalue weighted by Gasteiger charge is 2.35. The van der Waals surface area contributed by atoms with E-state index in [1.54, 1.807) is 16.2 Å². The van der Waals surface area contributed by atoms with E-state index in [4.69, 9.17) is 4.98 Å². The molecule has 0 unspecified atom stereocenters. The summed E-state index contributed by atoms with van der Waals surface area (Å²) in [6.07, 6.45) is 0. The molecule has 0 aliphatic carbocycles. The maximum absolute atomic E-state index is 11.9. The molecule has 0 N–H and O–H groups in total. The summed E-state index contributed by atoms with van der Waals surface area (Å²) in [7, 11) is 3.63. The number of hydrogen-bond acceptors (Lipinski definition) is 4. The highest BCUT2D eigenvalue weighted by Crippen LogP contribution is 2.36. The quantitative estimate of drug-likeness (QED) is 0.875. The molecule has 112 valence electrons. The second-order valence-electron chi connectivity index (χ2n) is 6.18. The Morgan fingerprint density at radius 2 is 2.10 bits per heavy atom. The van der Waals surface area contributed by atoms with E-state index in [9.17, 15) is 4.79 Å². The van der Waals surface area contributed by atoms with Crippen LogP contribution in [-0.4, -0.2) is 43.0 Å². The predicted molar refractivity (Wildman–Crippen MR) is 88.1 cm³/mol. The molecule has 0 atom stereocenters. The van der Waals surface area contributed by atoms with Crippen molar-refractivity contribution in [1.82, 2.24) is 9.88 Å². The van der Waals surface area contributed by atoms with Crippen LogP contribution in [0.3, 0.4) is 0 Å². The van der Waals surface area contributed by atoms with Gasteiger partial charge in [-0.15, -0.1) is 0 Å². The second-order valence-corrected chi connectivity index (χ2v) is 7.19. The van der Waals surface area contributed by atoms with Crippen LogP contribution in [0.25, 0.3) is 10.2 Å². The first-order chi connectivity index (χ1) is 9.97. The zero-order valence-electron chi connectivity index (χ0n) is 13.0. The molecule has 4 nitrogen and oxygen atoms in total. The van der Waals surface area contributed by atoms with E-state index >= 15 is 0 Å². The Morgan fingerprint density at radius 3 is 2.71 bits per heavy atom. The zero-order chi connectivity index (χ0) is 15.1. The van der Waals surface area contributed by atoms with Gasteiger partial charge in [0.05, 0.1) is 16.1 Å². The summed E-state index contributed by atoms with van der Waals surface area (Å²) in [4.78, 5) is 20.6. The smallest absolute Gasteiger partial charge is 0.228 e. The minimum atomic E-state index is 0.122. The number of fused-ring (bicyclic) bond motifs is 1. The van der Waals surface area contributed by atoms with Crippen LogP contribution < -0.4 is 4.90 Å². The van der Waals surface area contributed by atoms with Crippen molar-refractivity contribution in [3.63, 3.8) is 0 Å². The Bertz CT molecular complexity index is 671. The molecule has 1 aliphatic heterocycles. The Kier molecular flexibility index (Phi) is 3.61. The maximum atomic E-state index is 11.9. The fourth-order valence-corrected chi connectivity index (χ4v) is 3.73. The molecule has 0 saturated carbocycles. The fourth-order valence-electron chi connectivity index (χ4n) is 2.72. The fraction of sp³-hybridized carbons (Fsp3) is 0.500. The standard InChI is InChI=1S/C16H21N3OS/c1-10(2)12-6-5-7-13-14(12)17-16(21-13)19-8-11(9-19)15(20)18(3)4/h5-7,10-11H,8-9H2,1-4H3. The van der Waals surface area contributed by atoms with Crippen molar-refractivity contribution >= 4 is 32.6 Å². The van der Waals surface area contributed by atoms with E-state index in [0.29, 0.717) is 5.92 Å². The highest BCUT2D eigenvalue weighted by atomic mass is 32.1. The summed E-state index contributed by atoms with van der Waals surface area (Å²) in [5.74, 6) is 0.815. The number of nitrogens with zero attached hydrogens (tertiary/aromatic N) is 3. The summed E-state index contributed by atoms with van der Waals surface area (Å²) in [5, 5.41) is 1.04. The van der Waals surface area contributed by atoms with E-state index < -0.39 is 0 Å². The number of hydrogen-bond donors (Lipinski definition) is 0. The molecule has 2 heterocycles. The first-order valence-electron chi connectivity index (χ1n) is 7.33. The van der Waals surface area contributed by atoms with Crippen LogP contribution >= 0.6 is 11.3 Å². The Morgan fingerprint density at radius 1 is 1.38 bits per heavy atom. The number of anilines is 1. The molecule has 0 radical (unpaired) electrons. The van der Waals surface area contributed by atoms with Crippen LogP contribution in [0, 0.1) is 5.92 Å². The molecule has 1 aromatic carbocycles. The molecule has 3 rings (SSSR count). The van der Waals surface area contributed by atoms with Crippen molar-refractivity contribution in [2.45, 2.75) is 19.8 Å². The number of rotatable bonds is 3. The van der Waals surface area contributed by atoms with E-state index in [0.717, 1.165) is 23.7 Å². The maximum Gasteiger partial charge on any atom is 0.228 e. The van der Waals surface area contributed by atoms with E-state index in [-0.39, 0.29) is 11.8 Å². The highest BCUT2D eigenvalue weighted by molar-refractivity contribution is 7.22. The molecule has 1 aliphatic rings. The normalized spacial score (nSPS) is 15.6. The molecule has 1 amide bonds. The Balaban J connectivity index is 1.81. The number of para-hydroxylation sites is 1. The molecule has 5 heteroatoms. The van der Waals surface area contributed by atoms with E-state index in [1.807, 2.05) is 14.1 Å². The predicted octanol–water partition coefficient (Wildman–Crippen LogP) is 2.94. The van der Waals surface area contributed by atoms with Gasteiger partial charge in [0.25, 0.3) is 0 Å². The van der Waals surface area contributed by atoms with Gasteiger partial charge < -0.3 is 9.80 Å². The molecule has 1 saturated heterocycles. The lowest BCUT2D eigenvalue weighted by Gasteiger charge is -2.39. The van der Waals surface area contributed by atoms with Gasteiger partial charge in [0.1, 0.15) is 0 Å². The Hall–Kier alpha value is -1.62. The first-order valence-corrected chi connectivity index (χ1v) is 8.14. The van der Waals surface area contributed by atoms with Crippen molar-refractivity contribution < 1.29 is 4.79 Å². The van der Waals surface area contributed by atoms with Gasteiger partial charge in [-0.1, -0.05) is 37.3 Å². The summed E-state index contributed by atoms with van der Waals surface area (Å²) < 4.78 is 1.23. The second kappa shape index (κ2) is 5.30. The summed E-state index contributed by atoms with van der Waals surface area (Å²) in [5.41, 5.74) is 2.42. The minimum Gasteiger partial charge on any atom is -0.348 e. The van der Waals surface area contributed by atoms with Crippen molar-refractivity contribution in [1.29, 1.82) is 0 Å². The van der Waals surface area contributed by atoms with Crippen molar-refractivity contribution in [2.75, 3.05) is 32.1 Å². The average molecular weight is 303 g/mol. The number of carbonyl (C=O) groups is 1. The molecule has 2 aromatic rings. The van der Waals surface area contributed by atoms with Gasteiger partial charge in [0, 0.05) is 27.2 Å². The van der Waals surface area contributed by atoms with Gasteiger partial charge in [0.15, 0.2) is 5.13 Å². The Labute approximate surface area is 129 Å².